The molecule has 3 aromatic rings. The second-order valence-electron chi connectivity index (χ2n) is 7.59. The van der Waals surface area contributed by atoms with Gasteiger partial charge in [-0.25, -0.2) is 9.50 Å². The number of rotatable bonds is 4. The average molecular weight is 350 g/mol. The Hall–Kier alpha value is -2.40. The molecule has 4 rings (SSSR count). The van der Waals surface area contributed by atoms with Crippen molar-refractivity contribution in [1.82, 2.24) is 19.5 Å². The second kappa shape index (κ2) is 6.72. The van der Waals surface area contributed by atoms with Crippen LogP contribution in [0.1, 0.15) is 47.7 Å². The van der Waals surface area contributed by atoms with Crippen LogP contribution in [-0.2, 0) is 0 Å². The van der Waals surface area contributed by atoms with Gasteiger partial charge >= 0.3 is 0 Å². The topological polar surface area (TPSA) is 53.4 Å². The van der Waals surface area contributed by atoms with E-state index in [1.54, 1.807) is 4.52 Å². The molecule has 3 heterocycles. The Kier molecular flexibility index (Phi) is 4.41. The molecule has 1 saturated heterocycles. The van der Waals surface area contributed by atoms with Crippen molar-refractivity contribution in [3.8, 4) is 0 Å². The van der Waals surface area contributed by atoms with E-state index in [0.717, 1.165) is 43.1 Å². The number of likely N-dealkylation sites (tertiary alicyclic amines) is 1. The number of aryl methyl sites for hydroxylation is 1. The SMILES string of the molecule is Cc1nc2cc([C@@H]3CCN(C[C@H](C)c4ccccc4)C3)[nH]n2c(=O)c1C. The summed E-state index contributed by atoms with van der Waals surface area (Å²) < 4.78 is 1.59. The highest BCUT2D eigenvalue weighted by atomic mass is 16.1. The smallest absolute Gasteiger partial charge is 0.275 e. The highest BCUT2D eigenvalue weighted by Gasteiger charge is 2.27. The van der Waals surface area contributed by atoms with E-state index in [1.807, 2.05) is 19.9 Å². The van der Waals surface area contributed by atoms with E-state index in [1.165, 1.54) is 5.56 Å². The van der Waals surface area contributed by atoms with Gasteiger partial charge in [-0.2, -0.15) is 0 Å². The molecule has 0 aliphatic carbocycles. The van der Waals surface area contributed by atoms with Gasteiger partial charge in [0.1, 0.15) is 0 Å². The normalized spacial score (nSPS) is 19.3. The molecule has 2 atom stereocenters. The molecule has 2 aromatic heterocycles. The molecule has 0 amide bonds. The van der Waals surface area contributed by atoms with E-state index in [-0.39, 0.29) is 5.56 Å². The zero-order chi connectivity index (χ0) is 18.3. The van der Waals surface area contributed by atoms with Gasteiger partial charge in [0.25, 0.3) is 5.56 Å². The minimum atomic E-state index is 0.00584. The van der Waals surface area contributed by atoms with Crippen molar-refractivity contribution in [2.75, 3.05) is 19.6 Å². The van der Waals surface area contributed by atoms with Gasteiger partial charge in [-0.1, -0.05) is 37.3 Å². The number of benzene rings is 1. The monoisotopic (exact) mass is 350 g/mol. The lowest BCUT2D eigenvalue weighted by Crippen LogP contribution is -2.25. The van der Waals surface area contributed by atoms with Crippen molar-refractivity contribution in [2.24, 2.45) is 0 Å². The maximum atomic E-state index is 12.4. The molecule has 136 valence electrons. The zero-order valence-corrected chi connectivity index (χ0v) is 15.7. The van der Waals surface area contributed by atoms with Crippen LogP contribution in [0, 0.1) is 13.8 Å². The predicted molar refractivity (Wildman–Crippen MR) is 104 cm³/mol. The van der Waals surface area contributed by atoms with Crippen molar-refractivity contribution >= 4 is 5.65 Å². The third-order valence-electron chi connectivity index (χ3n) is 5.72. The van der Waals surface area contributed by atoms with Crippen LogP contribution in [0.2, 0.25) is 0 Å². The summed E-state index contributed by atoms with van der Waals surface area (Å²) in [4.78, 5) is 19.5. The van der Waals surface area contributed by atoms with Crippen LogP contribution < -0.4 is 5.56 Å². The first-order valence-electron chi connectivity index (χ1n) is 9.39. The Labute approximate surface area is 153 Å². The molecule has 1 N–H and O–H groups in total. The molecule has 1 fully saturated rings. The third-order valence-corrected chi connectivity index (χ3v) is 5.72. The zero-order valence-electron chi connectivity index (χ0n) is 15.7. The van der Waals surface area contributed by atoms with E-state index in [9.17, 15) is 4.79 Å². The van der Waals surface area contributed by atoms with Gasteiger partial charge in [0.2, 0.25) is 0 Å². The predicted octanol–water partition coefficient (Wildman–Crippen LogP) is 3.23. The van der Waals surface area contributed by atoms with Crippen LogP contribution in [0.3, 0.4) is 0 Å². The molecular formula is C21H26N4O. The molecule has 0 spiro atoms. The molecule has 26 heavy (non-hydrogen) atoms. The fourth-order valence-electron chi connectivity index (χ4n) is 3.97. The quantitative estimate of drug-likeness (QED) is 0.786. The number of aromatic amines is 1. The van der Waals surface area contributed by atoms with Crippen LogP contribution in [0.5, 0.6) is 0 Å². The number of nitrogens with zero attached hydrogens (tertiary/aromatic N) is 3. The largest absolute Gasteiger partial charge is 0.302 e. The molecule has 0 radical (unpaired) electrons. The molecule has 5 heteroatoms. The summed E-state index contributed by atoms with van der Waals surface area (Å²) >= 11 is 0. The maximum absolute atomic E-state index is 12.4. The van der Waals surface area contributed by atoms with Crippen LogP contribution in [0.4, 0.5) is 0 Å². The Balaban J connectivity index is 1.49. The van der Waals surface area contributed by atoms with Gasteiger partial charge in [-0.05, 0) is 38.3 Å². The van der Waals surface area contributed by atoms with Crippen LogP contribution in [0.25, 0.3) is 5.65 Å². The highest BCUT2D eigenvalue weighted by Crippen LogP contribution is 2.28. The Morgan fingerprint density at radius 1 is 1.27 bits per heavy atom. The summed E-state index contributed by atoms with van der Waals surface area (Å²) in [6.45, 7) is 9.21. The van der Waals surface area contributed by atoms with Crippen LogP contribution in [-0.4, -0.2) is 39.1 Å². The fraction of sp³-hybridized carbons (Fsp3) is 0.429. The van der Waals surface area contributed by atoms with Crippen molar-refractivity contribution in [2.45, 2.75) is 39.0 Å². The molecule has 0 unspecified atom stereocenters. The van der Waals surface area contributed by atoms with Gasteiger partial charge < -0.3 is 4.90 Å². The Morgan fingerprint density at radius 3 is 2.81 bits per heavy atom. The number of hydrogen-bond acceptors (Lipinski definition) is 3. The summed E-state index contributed by atoms with van der Waals surface area (Å²) in [5.41, 5.74) is 4.76. The van der Waals surface area contributed by atoms with E-state index in [0.29, 0.717) is 17.4 Å². The molecule has 0 saturated carbocycles. The number of fused-ring (bicyclic) bond motifs is 1. The van der Waals surface area contributed by atoms with E-state index >= 15 is 0 Å². The molecule has 1 aliphatic rings. The fourth-order valence-corrected chi connectivity index (χ4v) is 3.97. The van der Waals surface area contributed by atoms with Gasteiger partial charge in [-0.3, -0.25) is 9.89 Å². The Bertz CT molecular complexity index is 973. The average Bonchev–Trinajstić information content (AvgIpc) is 3.27. The minimum Gasteiger partial charge on any atom is -0.302 e. The highest BCUT2D eigenvalue weighted by molar-refractivity contribution is 5.42. The van der Waals surface area contributed by atoms with E-state index in [4.69, 9.17) is 0 Å². The van der Waals surface area contributed by atoms with Gasteiger partial charge in [-0.15, -0.1) is 0 Å². The van der Waals surface area contributed by atoms with Crippen molar-refractivity contribution in [1.29, 1.82) is 0 Å². The molecular weight excluding hydrogens is 324 g/mol. The first-order valence-corrected chi connectivity index (χ1v) is 9.39. The summed E-state index contributed by atoms with van der Waals surface area (Å²) in [6, 6.07) is 12.7. The lowest BCUT2D eigenvalue weighted by Gasteiger charge is -2.21. The van der Waals surface area contributed by atoms with Gasteiger partial charge in [0.05, 0.1) is 0 Å². The number of H-pyrrole nitrogens is 1. The van der Waals surface area contributed by atoms with Crippen molar-refractivity contribution in [3.05, 3.63) is 69.3 Å². The second-order valence-corrected chi connectivity index (χ2v) is 7.59. The van der Waals surface area contributed by atoms with Gasteiger partial charge in [0.15, 0.2) is 5.65 Å². The van der Waals surface area contributed by atoms with Crippen LogP contribution >= 0.6 is 0 Å². The number of aromatic nitrogens is 3. The molecule has 5 nitrogen and oxygen atoms in total. The number of nitrogens with one attached hydrogen (secondary N) is 1. The summed E-state index contributed by atoms with van der Waals surface area (Å²) in [5.74, 6) is 0.951. The van der Waals surface area contributed by atoms with E-state index in [2.05, 4.69) is 52.2 Å². The summed E-state index contributed by atoms with van der Waals surface area (Å²) in [7, 11) is 0. The molecule has 1 aliphatic heterocycles. The lowest BCUT2D eigenvalue weighted by atomic mass is 10.0. The number of hydrogen-bond donors (Lipinski definition) is 1. The third kappa shape index (κ3) is 3.07. The van der Waals surface area contributed by atoms with Crippen molar-refractivity contribution in [3.63, 3.8) is 0 Å². The Morgan fingerprint density at radius 2 is 2.04 bits per heavy atom. The van der Waals surface area contributed by atoms with Crippen molar-refractivity contribution < 1.29 is 0 Å². The van der Waals surface area contributed by atoms with Gasteiger partial charge in [0, 0.05) is 42.0 Å². The molecule has 1 aromatic carbocycles. The maximum Gasteiger partial charge on any atom is 0.275 e. The standard InChI is InChI=1S/C21H26N4O/c1-14(17-7-5-4-6-8-17)12-24-10-9-18(13-24)19-11-20-22-16(3)15(2)21(26)25(20)23-19/h4-8,11,14,18,23H,9-10,12-13H2,1-3H3/t14-,18+/m0/s1. The van der Waals surface area contributed by atoms with Crippen LogP contribution in [0.15, 0.2) is 41.2 Å². The minimum absolute atomic E-state index is 0.00584. The first kappa shape index (κ1) is 17.0. The lowest BCUT2D eigenvalue weighted by molar-refractivity contribution is 0.316. The summed E-state index contributed by atoms with van der Waals surface area (Å²) in [5, 5.41) is 3.29. The summed E-state index contributed by atoms with van der Waals surface area (Å²) in [6.07, 6.45) is 1.11. The van der Waals surface area contributed by atoms with E-state index < -0.39 is 0 Å². The molecule has 0 bridgehead atoms. The first-order chi connectivity index (χ1) is 12.5.